The summed E-state index contributed by atoms with van der Waals surface area (Å²) < 4.78 is 17.5. The van der Waals surface area contributed by atoms with Gasteiger partial charge >= 0.3 is 5.97 Å². The van der Waals surface area contributed by atoms with Gasteiger partial charge in [0.2, 0.25) is 5.91 Å². The summed E-state index contributed by atoms with van der Waals surface area (Å²) in [6.07, 6.45) is 50.8. The average Bonchev–Trinajstić information content (AvgIpc) is 3.37. The van der Waals surface area contributed by atoms with E-state index < -0.39 is 67.4 Å². The van der Waals surface area contributed by atoms with Crippen LogP contribution >= 0.6 is 0 Å². The SMILES string of the molecule is CC/C=C\C/C=C\C/C=C\C/C=C\C/C=C\C/C=C\CC(O)C(=O)NC(COC1OC(CO)C(O)C(O)C1OC(=O)CCCCCCCCCCCCC)C(O)/C=C/CCCCCCCCCCCCC. The molecule has 8 unspecified atom stereocenters. The lowest BCUT2D eigenvalue weighted by Gasteiger charge is -2.41. The Balaban J connectivity index is 2.81. The quantitative estimate of drug-likeness (QED) is 0.0196. The van der Waals surface area contributed by atoms with Gasteiger partial charge in [0.1, 0.15) is 24.4 Å². The van der Waals surface area contributed by atoms with E-state index in [4.69, 9.17) is 14.2 Å². The minimum atomic E-state index is -1.63. The van der Waals surface area contributed by atoms with E-state index in [1.165, 1.54) is 96.3 Å². The predicted octanol–water partition coefficient (Wildman–Crippen LogP) is 12.6. The largest absolute Gasteiger partial charge is 0.454 e. The second-order valence-electron chi connectivity index (χ2n) is 19.3. The molecular formula is C60H103NO10. The van der Waals surface area contributed by atoms with Crippen molar-refractivity contribution in [1.82, 2.24) is 5.32 Å². The van der Waals surface area contributed by atoms with Crippen molar-refractivity contribution < 1.29 is 49.3 Å². The first-order valence-corrected chi connectivity index (χ1v) is 28.4. The summed E-state index contributed by atoms with van der Waals surface area (Å²) >= 11 is 0. The molecule has 0 aromatic carbocycles. The number of carbonyl (C=O) groups is 2. The van der Waals surface area contributed by atoms with Gasteiger partial charge in [0, 0.05) is 12.8 Å². The topological polar surface area (TPSA) is 175 Å². The monoisotopic (exact) mass is 998 g/mol. The van der Waals surface area contributed by atoms with Gasteiger partial charge in [-0.2, -0.15) is 0 Å². The zero-order valence-electron chi connectivity index (χ0n) is 44.8. The Morgan fingerprint density at radius 3 is 1.46 bits per heavy atom. The highest BCUT2D eigenvalue weighted by molar-refractivity contribution is 5.81. The number of hydrogen-bond donors (Lipinski definition) is 6. The zero-order chi connectivity index (χ0) is 51.8. The van der Waals surface area contributed by atoms with Gasteiger partial charge in [-0.05, 0) is 57.8 Å². The summed E-state index contributed by atoms with van der Waals surface area (Å²) in [4.78, 5) is 26.4. The van der Waals surface area contributed by atoms with Gasteiger partial charge in [-0.15, -0.1) is 0 Å². The fourth-order valence-electron chi connectivity index (χ4n) is 8.31. The average molecular weight is 998 g/mol. The van der Waals surface area contributed by atoms with Crippen molar-refractivity contribution in [3.05, 3.63) is 85.1 Å². The van der Waals surface area contributed by atoms with E-state index in [0.29, 0.717) is 12.8 Å². The van der Waals surface area contributed by atoms with E-state index in [-0.39, 0.29) is 19.4 Å². The highest BCUT2D eigenvalue weighted by atomic mass is 16.7. The molecule has 1 aliphatic rings. The summed E-state index contributed by atoms with van der Waals surface area (Å²) in [6.45, 7) is 5.60. The number of nitrogens with one attached hydrogen (secondary N) is 1. The molecule has 6 N–H and O–H groups in total. The fourth-order valence-corrected chi connectivity index (χ4v) is 8.31. The van der Waals surface area contributed by atoms with Crippen LogP contribution in [0.3, 0.4) is 0 Å². The highest BCUT2D eigenvalue weighted by Gasteiger charge is 2.47. The maximum Gasteiger partial charge on any atom is 0.306 e. The summed E-state index contributed by atoms with van der Waals surface area (Å²) in [5.41, 5.74) is 0. The van der Waals surface area contributed by atoms with E-state index in [9.17, 15) is 35.1 Å². The van der Waals surface area contributed by atoms with Gasteiger partial charge < -0.3 is 45.1 Å². The fraction of sp³-hybridized carbons (Fsp3) is 0.733. The van der Waals surface area contributed by atoms with Crippen LogP contribution in [0.2, 0.25) is 0 Å². The Labute approximate surface area is 432 Å². The second kappa shape index (κ2) is 47.8. The predicted molar refractivity (Wildman–Crippen MR) is 292 cm³/mol. The highest BCUT2D eigenvalue weighted by Crippen LogP contribution is 2.26. The van der Waals surface area contributed by atoms with Gasteiger partial charge in [0.15, 0.2) is 12.4 Å². The van der Waals surface area contributed by atoms with Gasteiger partial charge in [-0.3, -0.25) is 9.59 Å². The smallest absolute Gasteiger partial charge is 0.306 e. The summed E-state index contributed by atoms with van der Waals surface area (Å²) in [6, 6.07) is -1.07. The van der Waals surface area contributed by atoms with E-state index in [2.05, 4.69) is 80.8 Å². The normalized spacial score (nSPS) is 20.3. The van der Waals surface area contributed by atoms with E-state index in [0.717, 1.165) is 77.0 Å². The lowest BCUT2D eigenvalue weighted by Crippen LogP contribution is -2.61. The third-order valence-corrected chi connectivity index (χ3v) is 12.8. The first-order valence-electron chi connectivity index (χ1n) is 28.4. The number of carbonyl (C=O) groups excluding carboxylic acids is 2. The summed E-state index contributed by atoms with van der Waals surface area (Å²) in [5.74, 6) is -1.29. The molecule has 1 amide bonds. The van der Waals surface area contributed by atoms with Crippen LogP contribution in [0.1, 0.15) is 220 Å². The van der Waals surface area contributed by atoms with E-state index in [1.54, 1.807) is 12.2 Å². The van der Waals surface area contributed by atoms with Crippen LogP contribution in [-0.2, 0) is 23.8 Å². The molecule has 1 fully saturated rings. The molecule has 1 saturated heterocycles. The Morgan fingerprint density at radius 2 is 1.00 bits per heavy atom. The van der Waals surface area contributed by atoms with E-state index >= 15 is 0 Å². The molecule has 408 valence electrons. The van der Waals surface area contributed by atoms with Crippen LogP contribution in [0.4, 0.5) is 0 Å². The molecule has 1 heterocycles. The van der Waals surface area contributed by atoms with Crippen LogP contribution in [0.5, 0.6) is 0 Å². The number of aliphatic hydroxyl groups is 5. The van der Waals surface area contributed by atoms with Crippen molar-refractivity contribution in [3.8, 4) is 0 Å². The molecule has 11 nitrogen and oxygen atoms in total. The number of unbranched alkanes of at least 4 members (excludes halogenated alkanes) is 21. The van der Waals surface area contributed by atoms with Crippen molar-refractivity contribution >= 4 is 11.9 Å². The third-order valence-electron chi connectivity index (χ3n) is 12.8. The molecule has 0 bridgehead atoms. The van der Waals surface area contributed by atoms with Crippen molar-refractivity contribution in [2.75, 3.05) is 13.2 Å². The number of aliphatic hydroxyl groups excluding tert-OH is 5. The summed E-state index contributed by atoms with van der Waals surface area (Å²) in [7, 11) is 0. The van der Waals surface area contributed by atoms with Crippen molar-refractivity contribution in [3.63, 3.8) is 0 Å². The molecule has 1 aliphatic heterocycles. The number of hydrogen-bond acceptors (Lipinski definition) is 10. The lowest BCUT2D eigenvalue weighted by atomic mass is 9.99. The second-order valence-corrected chi connectivity index (χ2v) is 19.3. The number of rotatable bonds is 46. The molecule has 0 saturated carbocycles. The first kappa shape index (κ1) is 65.9. The van der Waals surface area contributed by atoms with Crippen molar-refractivity contribution in [2.24, 2.45) is 0 Å². The standard InChI is InChI=1S/C60H103NO10/c1-4-7-10-13-16-19-22-24-25-26-27-28-30-33-35-38-41-44-47-53(64)59(68)61-51(52(63)46-43-40-37-34-32-29-23-20-17-14-11-8-5-2)50-69-60-58(57(67)56(66)54(49-62)70-60)71-55(65)48-45-42-39-36-31-21-18-15-12-9-6-3/h7,10,16,19,24-25,27-28,33,35,41,43-44,46,51-54,56-58,60,62-64,66-67H,4-6,8-9,11-15,17-18,20-23,26,29-32,34,36-40,42,45,47-50H2,1-3H3,(H,61,68)/b10-7-,19-16-,25-24-,28-27-,35-33-,44-41-,46-43+. The Bertz CT molecular complexity index is 1470. The minimum Gasteiger partial charge on any atom is -0.454 e. The zero-order valence-corrected chi connectivity index (χ0v) is 44.8. The molecule has 1 rings (SSSR count). The maximum atomic E-state index is 13.3. The molecule has 0 aromatic heterocycles. The third kappa shape index (κ3) is 36.4. The molecule has 0 aromatic rings. The Kier molecular flexibility index (Phi) is 44.4. The Hall–Kier alpha value is -3.16. The lowest BCUT2D eigenvalue weighted by molar-refractivity contribution is -0.305. The molecule has 0 aliphatic carbocycles. The number of allylic oxidation sites excluding steroid dienone is 12. The number of esters is 1. The number of amides is 1. The van der Waals surface area contributed by atoms with E-state index in [1.807, 2.05) is 18.2 Å². The van der Waals surface area contributed by atoms with Gasteiger partial charge in [0.05, 0.1) is 25.4 Å². The maximum absolute atomic E-state index is 13.3. The van der Waals surface area contributed by atoms with Crippen LogP contribution < -0.4 is 5.32 Å². The van der Waals surface area contributed by atoms with Crippen LogP contribution in [0.15, 0.2) is 85.1 Å². The van der Waals surface area contributed by atoms with Crippen molar-refractivity contribution in [2.45, 2.75) is 269 Å². The molecule has 71 heavy (non-hydrogen) atoms. The van der Waals surface area contributed by atoms with Crippen LogP contribution in [0.25, 0.3) is 0 Å². The number of ether oxygens (including phenoxy) is 3. The van der Waals surface area contributed by atoms with Gasteiger partial charge in [-0.25, -0.2) is 0 Å². The molecule has 0 spiro atoms. The molecule has 11 heteroatoms. The first-order chi connectivity index (χ1) is 34.7. The summed E-state index contributed by atoms with van der Waals surface area (Å²) in [5, 5.41) is 56.6. The molecular weight excluding hydrogens is 895 g/mol. The molecule has 8 atom stereocenters. The van der Waals surface area contributed by atoms with Gasteiger partial charge in [0.25, 0.3) is 0 Å². The van der Waals surface area contributed by atoms with Crippen LogP contribution in [-0.4, -0.2) is 99.6 Å². The Morgan fingerprint density at radius 1 is 0.563 bits per heavy atom. The molecule has 0 radical (unpaired) electrons. The van der Waals surface area contributed by atoms with Crippen molar-refractivity contribution in [1.29, 1.82) is 0 Å². The van der Waals surface area contributed by atoms with Crippen LogP contribution in [0, 0.1) is 0 Å². The van der Waals surface area contributed by atoms with Gasteiger partial charge in [-0.1, -0.05) is 234 Å². The minimum absolute atomic E-state index is 0.0556.